The zero-order valence-electron chi connectivity index (χ0n) is 19.1. The summed E-state index contributed by atoms with van der Waals surface area (Å²) in [5.41, 5.74) is 1.00. The summed E-state index contributed by atoms with van der Waals surface area (Å²) >= 11 is 0. The van der Waals surface area contributed by atoms with Crippen molar-refractivity contribution in [3.05, 3.63) is 35.9 Å². The Bertz CT molecular complexity index is 750. The normalized spacial score (nSPS) is 19.6. The molecule has 0 radical (unpaired) electrons. The summed E-state index contributed by atoms with van der Waals surface area (Å²) < 4.78 is 4.98. The maximum atomic E-state index is 13.1. The SMILES string of the molecule is COCCCNC(=O)CN1CCN(C(=O)C2CCCN(C(=O)Cc3ccccc3)C2)CC1. The van der Waals surface area contributed by atoms with Crippen LogP contribution in [0.4, 0.5) is 0 Å². The van der Waals surface area contributed by atoms with E-state index >= 15 is 0 Å². The van der Waals surface area contributed by atoms with Crippen LogP contribution in [0.1, 0.15) is 24.8 Å². The summed E-state index contributed by atoms with van der Waals surface area (Å²) in [7, 11) is 1.65. The van der Waals surface area contributed by atoms with Crippen molar-refractivity contribution in [1.82, 2.24) is 20.0 Å². The number of benzene rings is 1. The molecule has 0 aliphatic carbocycles. The van der Waals surface area contributed by atoms with Crippen LogP contribution in [0.25, 0.3) is 0 Å². The third-order valence-corrected chi connectivity index (χ3v) is 6.22. The third-order valence-electron chi connectivity index (χ3n) is 6.22. The molecule has 2 heterocycles. The molecule has 0 spiro atoms. The smallest absolute Gasteiger partial charge is 0.234 e. The summed E-state index contributed by atoms with van der Waals surface area (Å²) in [4.78, 5) is 43.7. The predicted octanol–water partition coefficient (Wildman–Crippen LogP) is 0.765. The highest BCUT2D eigenvalue weighted by Gasteiger charge is 2.32. The van der Waals surface area contributed by atoms with Crippen LogP contribution >= 0.6 is 0 Å². The van der Waals surface area contributed by atoms with Crippen LogP contribution in [0.2, 0.25) is 0 Å². The molecule has 32 heavy (non-hydrogen) atoms. The van der Waals surface area contributed by atoms with E-state index in [9.17, 15) is 14.4 Å². The second-order valence-corrected chi connectivity index (χ2v) is 8.64. The lowest BCUT2D eigenvalue weighted by atomic mass is 9.95. The Morgan fingerprint density at radius 2 is 1.78 bits per heavy atom. The third kappa shape index (κ3) is 7.31. The molecule has 1 aromatic carbocycles. The molecule has 2 aliphatic heterocycles. The van der Waals surface area contributed by atoms with Crippen LogP contribution in [-0.4, -0.2) is 98.5 Å². The van der Waals surface area contributed by atoms with Gasteiger partial charge in [-0.2, -0.15) is 0 Å². The molecular formula is C24H36N4O4. The van der Waals surface area contributed by atoms with Crippen LogP contribution in [0, 0.1) is 5.92 Å². The molecule has 2 saturated heterocycles. The highest BCUT2D eigenvalue weighted by atomic mass is 16.5. The maximum Gasteiger partial charge on any atom is 0.234 e. The van der Waals surface area contributed by atoms with Crippen LogP contribution in [-0.2, 0) is 25.5 Å². The minimum atomic E-state index is -0.126. The number of rotatable bonds is 9. The van der Waals surface area contributed by atoms with Crippen molar-refractivity contribution < 1.29 is 19.1 Å². The predicted molar refractivity (Wildman–Crippen MR) is 122 cm³/mol. The summed E-state index contributed by atoms with van der Waals surface area (Å²) in [5, 5.41) is 2.90. The van der Waals surface area contributed by atoms with Crippen LogP contribution in [0.5, 0.6) is 0 Å². The van der Waals surface area contributed by atoms with Gasteiger partial charge in [0, 0.05) is 59.5 Å². The van der Waals surface area contributed by atoms with E-state index in [0.29, 0.717) is 58.8 Å². The summed E-state index contributed by atoms with van der Waals surface area (Å²) in [6.45, 7) is 5.50. The Morgan fingerprint density at radius 3 is 2.50 bits per heavy atom. The monoisotopic (exact) mass is 444 g/mol. The Morgan fingerprint density at radius 1 is 1.03 bits per heavy atom. The molecule has 1 N–H and O–H groups in total. The van der Waals surface area contributed by atoms with E-state index in [4.69, 9.17) is 4.74 Å². The molecule has 3 amide bonds. The molecule has 176 valence electrons. The van der Waals surface area contributed by atoms with E-state index in [2.05, 4.69) is 10.2 Å². The number of methoxy groups -OCH3 is 1. The summed E-state index contributed by atoms with van der Waals surface area (Å²) in [6, 6.07) is 9.75. The average Bonchev–Trinajstić information content (AvgIpc) is 2.82. The number of carbonyl (C=O) groups excluding carboxylic acids is 3. The van der Waals surface area contributed by atoms with Crippen LogP contribution < -0.4 is 5.32 Å². The number of nitrogens with zero attached hydrogens (tertiary/aromatic N) is 3. The molecule has 1 aromatic rings. The molecule has 3 rings (SSSR count). The van der Waals surface area contributed by atoms with Gasteiger partial charge < -0.3 is 19.9 Å². The van der Waals surface area contributed by atoms with Crippen LogP contribution in [0.15, 0.2) is 30.3 Å². The van der Waals surface area contributed by atoms with Crippen molar-refractivity contribution >= 4 is 17.7 Å². The number of likely N-dealkylation sites (tertiary alicyclic amines) is 1. The first-order valence-corrected chi connectivity index (χ1v) is 11.7. The van der Waals surface area contributed by atoms with E-state index in [1.807, 2.05) is 40.1 Å². The fraction of sp³-hybridized carbons (Fsp3) is 0.625. The van der Waals surface area contributed by atoms with Gasteiger partial charge in [0.15, 0.2) is 0 Å². The molecule has 1 atom stereocenters. The zero-order chi connectivity index (χ0) is 22.8. The van der Waals surface area contributed by atoms with Gasteiger partial charge in [-0.25, -0.2) is 0 Å². The lowest BCUT2D eigenvalue weighted by Crippen LogP contribution is -2.54. The topological polar surface area (TPSA) is 82.2 Å². The molecule has 2 aliphatic rings. The number of amides is 3. The molecular weight excluding hydrogens is 408 g/mol. The second-order valence-electron chi connectivity index (χ2n) is 8.64. The Labute approximate surface area is 190 Å². The van der Waals surface area contributed by atoms with E-state index < -0.39 is 0 Å². The number of hydrogen-bond acceptors (Lipinski definition) is 5. The maximum absolute atomic E-state index is 13.1. The Balaban J connectivity index is 1.40. The van der Waals surface area contributed by atoms with Crippen molar-refractivity contribution in [3.8, 4) is 0 Å². The first-order chi connectivity index (χ1) is 15.6. The number of ether oxygens (including phenoxy) is 1. The molecule has 8 nitrogen and oxygen atoms in total. The van der Waals surface area contributed by atoms with Gasteiger partial charge in [0.05, 0.1) is 18.9 Å². The average molecular weight is 445 g/mol. The molecule has 1 unspecified atom stereocenters. The lowest BCUT2D eigenvalue weighted by molar-refractivity contribution is -0.142. The first kappa shape index (κ1) is 24.2. The zero-order valence-corrected chi connectivity index (χ0v) is 19.1. The van der Waals surface area contributed by atoms with E-state index in [1.54, 1.807) is 7.11 Å². The van der Waals surface area contributed by atoms with Crippen molar-refractivity contribution in [3.63, 3.8) is 0 Å². The van der Waals surface area contributed by atoms with Gasteiger partial charge in [-0.1, -0.05) is 30.3 Å². The van der Waals surface area contributed by atoms with Gasteiger partial charge in [-0.05, 0) is 24.8 Å². The quantitative estimate of drug-likeness (QED) is 0.569. The molecule has 0 saturated carbocycles. The number of piperazine rings is 1. The number of carbonyl (C=O) groups is 3. The number of piperidine rings is 1. The van der Waals surface area contributed by atoms with Gasteiger partial charge in [0.25, 0.3) is 0 Å². The van der Waals surface area contributed by atoms with Crippen molar-refractivity contribution in [2.75, 3.05) is 66.1 Å². The Hall–Kier alpha value is -2.45. The standard InChI is InChI=1S/C24H36N4O4/c1-32-16-6-10-25-22(29)19-26-12-14-27(15-13-26)24(31)21-9-5-11-28(18-21)23(30)17-20-7-3-2-4-8-20/h2-4,7-8,21H,5-6,9-19H2,1H3,(H,25,29). The number of nitrogens with one attached hydrogen (secondary N) is 1. The fourth-order valence-electron chi connectivity index (χ4n) is 4.38. The van der Waals surface area contributed by atoms with Gasteiger partial charge in [-0.15, -0.1) is 0 Å². The highest BCUT2D eigenvalue weighted by molar-refractivity contribution is 5.82. The first-order valence-electron chi connectivity index (χ1n) is 11.7. The van der Waals surface area contributed by atoms with Crippen LogP contribution in [0.3, 0.4) is 0 Å². The lowest BCUT2D eigenvalue weighted by Gasteiger charge is -2.39. The summed E-state index contributed by atoms with van der Waals surface area (Å²) in [5.74, 6) is 0.126. The van der Waals surface area contributed by atoms with E-state index in [-0.39, 0.29) is 23.6 Å². The summed E-state index contributed by atoms with van der Waals surface area (Å²) in [6.07, 6.45) is 2.88. The molecule has 0 aromatic heterocycles. The molecule has 8 heteroatoms. The van der Waals surface area contributed by atoms with Gasteiger partial charge in [-0.3, -0.25) is 19.3 Å². The minimum Gasteiger partial charge on any atom is -0.385 e. The molecule has 2 fully saturated rings. The van der Waals surface area contributed by atoms with Gasteiger partial charge in [0.1, 0.15) is 0 Å². The van der Waals surface area contributed by atoms with E-state index in [0.717, 1.165) is 31.4 Å². The van der Waals surface area contributed by atoms with Gasteiger partial charge in [0.2, 0.25) is 17.7 Å². The van der Waals surface area contributed by atoms with Gasteiger partial charge >= 0.3 is 0 Å². The largest absolute Gasteiger partial charge is 0.385 e. The highest BCUT2D eigenvalue weighted by Crippen LogP contribution is 2.21. The Kier molecular flexibility index (Phi) is 9.49. The van der Waals surface area contributed by atoms with Crippen molar-refractivity contribution in [2.45, 2.75) is 25.7 Å². The van der Waals surface area contributed by atoms with Crippen molar-refractivity contribution in [1.29, 1.82) is 0 Å². The second kappa shape index (κ2) is 12.6. The van der Waals surface area contributed by atoms with Crippen molar-refractivity contribution in [2.24, 2.45) is 5.92 Å². The fourth-order valence-corrected chi connectivity index (χ4v) is 4.38. The van der Waals surface area contributed by atoms with E-state index in [1.165, 1.54) is 0 Å². The number of hydrogen-bond donors (Lipinski definition) is 1. The minimum absolute atomic E-state index is 0.0146. The molecule has 0 bridgehead atoms.